The minimum absolute atomic E-state index is 0.599. The van der Waals surface area contributed by atoms with Gasteiger partial charge in [0.05, 0.1) is 5.69 Å². The van der Waals surface area contributed by atoms with Crippen molar-refractivity contribution in [2.45, 2.75) is 17.3 Å². The van der Waals surface area contributed by atoms with Crippen molar-refractivity contribution < 1.29 is 0 Å². The van der Waals surface area contributed by atoms with Gasteiger partial charge in [0.2, 0.25) is 0 Å². The van der Waals surface area contributed by atoms with Crippen LogP contribution in [0.3, 0.4) is 0 Å². The van der Waals surface area contributed by atoms with Crippen molar-refractivity contribution in [1.82, 2.24) is 5.01 Å². The number of hydrazine groups is 1. The maximum absolute atomic E-state index is 6.08. The Balaban J connectivity index is 2.17. The molecule has 0 unspecified atom stereocenters. The van der Waals surface area contributed by atoms with Gasteiger partial charge in [-0.05, 0) is 30.4 Å². The zero-order valence-electron chi connectivity index (χ0n) is 11.4. The van der Waals surface area contributed by atoms with E-state index in [0.717, 1.165) is 17.5 Å². The van der Waals surface area contributed by atoms with E-state index < -0.39 is 3.92 Å². The number of rotatable bonds is 1. The van der Waals surface area contributed by atoms with Crippen LogP contribution in [0.4, 0.5) is 5.69 Å². The third kappa shape index (κ3) is 2.84. The lowest BCUT2D eigenvalue weighted by Crippen LogP contribution is -2.49. The first-order valence-electron chi connectivity index (χ1n) is 6.63. The van der Waals surface area contributed by atoms with Gasteiger partial charge in [0.25, 0.3) is 3.92 Å². The van der Waals surface area contributed by atoms with Crippen molar-refractivity contribution in [3.63, 3.8) is 0 Å². The molecule has 0 aliphatic carbocycles. The highest BCUT2D eigenvalue weighted by Crippen LogP contribution is 2.38. The lowest BCUT2D eigenvalue weighted by atomic mass is 10.0. The van der Waals surface area contributed by atoms with Gasteiger partial charge < -0.3 is 0 Å². The number of alkyl halides is 3. The molecule has 2 aromatic rings. The highest BCUT2D eigenvalue weighted by Gasteiger charge is 2.36. The highest BCUT2D eigenvalue weighted by atomic mass is 35.6. The quantitative estimate of drug-likeness (QED) is 0.543. The van der Waals surface area contributed by atoms with Crippen molar-refractivity contribution in [3.05, 3.63) is 42.0 Å². The normalized spacial score (nSPS) is 16.7. The Bertz CT molecular complexity index is 694. The molecule has 0 atom stereocenters. The Kier molecular flexibility index (Phi) is 4.02. The van der Waals surface area contributed by atoms with Crippen LogP contribution < -0.4 is 5.12 Å². The predicted molar refractivity (Wildman–Crippen MR) is 91.3 cm³/mol. The second-order valence-electron chi connectivity index (χ2n) is 4.91. The molecular formula is C15H14Cl3N3. The van der Waals surface area contributed by atoms with Gasteiger partial charge in [0, 0.05) is 18.1 Å². The number of anilines is 1. The molecule has 1 aliphatic heterocycles. The summed E-state index contributed by atoms with van der Waals surface area (Å²) < 4.78 is -1.54. The molecule has 1 aliphatic rings. The molecule has 0 saturated carbocycles. The van der Waals surface area contributed by atoms with Crippen LogP contribution in [0.1, 0.15) is 12.0 Å². The van der Waals surface area contributed by atoms with Crippen LogP contribution in [-0.2, 0) is 0 Å². The van der Waals surface area contributed by atoms with Gasteiger partial charge in [-0.3, -0.25) is 0 Å². The first-order chi connectivity index (χ1) is 9.98. The minimum atomic E-state index is -1.54. The molecule has 0 aromatic heterocycles. The fraction of sp³-hybridized carbons (Fsp3) is 0.267. The predicted octanol–water partition coefficient (Wildman–Crippen LogP) is 4.89. The Morgan fingerprint density at radius 3 is 2.48 bits per heavy atom. The topological polar surface area (TPSA) is 18.8 Å². The van der Waals surface area contributed by atoms with Crippen molar-refractivity contribution in [2.75, 3.05) is 11.7 Å². The molecular weight excluding hydrogens is 329 g/mol. The number of benzene rings is 2. The van der Waals surface area contributed by atoms with Crippen LogP contribution in [0.2, 0.25) is 0 Å². The van der Waals surface area contributed by atoms with Gasteiger partial charge in [-0.15, -0.1) is 0 Å². The van der Waals surface area contributed by atoms with Crippen molar-refractivity contribution in [2.24, 2.45) is 5.10 Å². The third-order valence-electron chi connectivity index (χ3n) is 3.52. The smallest absolute Gasteiger partial charge is 0.190 e. The second kappa shape index (κ2) is 5.65. The van der Waals surface area contributed by atoms with Crippen LogP contribution >= 0.6 is 34.8 Å². The molecule has 0 radical (unpaired) electrons. The average molecular weight is 343 g/mol. The van der Waals surface area contributed by atoms with Crippen molar-refractivity contribution >= 4 is 57.5 Å². The Labute approximate surface area is 138 Å². The molecule has 21 heavy (non-hydrogen) atoms. The molecule has 0 amide bonds. The Morgan fingerprint density at radius 2 is 1.76 bits per heavy atom. The summed E-state index contributed by atoms with van der Waals surface area (Å²) in [5, 5.41) is 9.97. The standard InChI is InChI=1S/C15H14Cl3N3/c1-11-7-8-14(13-6-3-2-5-12(11)13)21-19-9-4-10-20(21)15(16,17)18/h2-3,5-9H,4,10H2,1H3. The second-order valence-corrected chi connectivity index (χ2v) is 7.14. The fourth-order valence-electron chi connectivity index (χ4n) is 2.51. The first kappa shape index (κ1) is 14.9. The van der Waals surface area contributed by atoms with E-state index in [1.165, 1.54) is 10.9 Å². The maximum atomic E-state index is 6.08. The van der Waals surface area contributed by atoms with E-state index >= 15 is 0 Å². The molecule has 3 rings (SSSR count). The Hall–Kier alpha value is -1.000. The van der Waals surface area contributed by atoms with Crippen molar-refractivity contribution in [1.29, 1.82) is 0 Å². The van der Waals surface area contributed by atoms with Crippen molar-refractivity contribution in [3.8, 4) is 0 Å². The molecule has 2 aromatic carbocycles. The molecule has 0 N–H and O–H groups in total. The van der Waals surface area contributed by atoms with E-state index in [1.54, 1.807) is 10.1 Å². The van der Waals surface area contributed by atoms with E-state index in [9.17, 15) is 0 Å². The molecule has 0 fully saturated rings. The molecule has 0 spiro atoms. The van der Waals surface area contributed by atoms with Crippen LogP contribution in [0, 0.1) is 6.92 Å². The molecule has 0 bridgehead atoms. The molecule has 6 heteroatoms. The van der Waals surface area contributed by atoms with E-state index in [1.807, 2.05) is 24.4 Å². The summed E-state index contributed by atoms with van der Waals surface area (Å²) in [7, 11) is 0. The van der Waals surface area contributed by atoms with Crippen LogP contribution in [0.25, 0.3) is 10.8 Å². The van der Waals surface area contributed by atoms with Gasteiger partial charge >= 0.3 is 0 Å². The number of aryl methyl sites for hydroxylation is 1. The Morgan fingerprint density at radius 1 is 1.05 bits per heavy atom. The van der Waals surface area contributed by atoms with Gasteiger partial charge in [-0.1, -0.05) is 65.1 Å². The van der Waals surface area contributed by atoms with Gasteiger partial charge in [-0.2, -0.15) is 15.2 Å². The van der Waals surface area contributed by atoms with E-state index in [2.05, 4.69) is 30.2 Å². The summed E-state index contributed by atoms with van der Waals surface area (Å²) in [6.45, 7) is 2.68. The van der Waals surface area contributed by atoms with E-state index in [0.29, 0.717) is 6.54 Å². The number of nitrogens with zero attached hydrogens (tertiary/aromatic N) is 3. The maximum Gasteiger partial charge on any atom is 0.266 e. The lowest BCUT2D eigenvalue weighted by Gasteiger charge is -2.39. The molecule has 110 valence electrons. The summed E-state index contributed by atoms with van der Waals surface area (Å²) in [5.41, 5.74) is 2.11. The monoisotopic (exact) mass is 341 g/mol. The van der Waals surface area contributed by atoms with Gasteiger partial charge in [-0.25, -0.2) is 0 Å². The summed E-state index contributed by atoms with van der Waals surface area (Å²) in [5.74, 6) is 0. The summed E-state index contributed by atoms with van der Waals surface area (Å²) >= 11 is 18.2. The summed E-state index contributed by atoms with van der Waals surface area (Å²) in [4.78, 5) is 0. The van der Waals surface area contributed by atoms with Crippen LogP contribution in [-0.4, -0.2) is 21.7 Å². The molecule has 0 saturated heterocycles. The SMILES string of the molecule is Cc1ccc(N2N=CCCN2C(Cl)(Cl)Cl)c2ccccc12. The first-order valence-corrected chi connectivity index (χ1v) is 7.77. The zero-order valence-corrected chi connectivity index (χ0v) is 13.7. The van der Waals surface area contributed by atoms with Gasteiger partial charge in [0.15, 0.2) is 0 Å². The van der Waals surface area contributed by atoms with Gasteiger partial charge in [0.1, 0.15) is 0 Å². The average Bonchev–Trinajstić information content (AvgIpc) is 2.47. The minimum Gasteiger partial charge on any atom is -0.190 e. The highest BCUT2D eigenvalue weighted by molar-refractivity contribution is 6.67. The lowest BCUT2D eigenvalue weighted by molar-refractivity contribution is 0.251. The van der Waals surface area contributed by atoms with Crippen LogP contribution in [0.15, 0.2) is 41.5 Å². The number of hydrogen-bond acceptors (Lipinski definition) is 3. The number of fused-ring (bicyclic) bond motifs is 1. The molecule has 3 nitrogen and oxygen atoms in total. The number of hydrazone groups is 1. The molecule has 1 heterocycles. The largest absolute Gasteiger partial charge is 0.266 e. The zero-order chi connectivity index (χ0) is 15.0. The fourth-order valence-corrected chi connectivity index (χ4v) is 2.98. The third-order valence-corrected chi connectivity index (χ3v) is 4.10. The number of hydrogen-bond donors (Lipinski definition) is 0. The van der Waals surface area contributed by atoms with E-state index in [4.69, 9.17) is 34.8 Å². The number of halogens is 3. The summed E-state index contributed by atoms with van der Waals surface area (Å²) in [6.07, 6.45) is 2.58. The van der Waals surface area contributed by atoms with Crippen LogP contribution in [0.5, 0.6) is 0 Å². The summed E-state index contributed by atoms with van der Waals surface area (Å²) in [6, 6.07) is 12.2. The van der Waals surface area contributed by atoms with E-state index in [-0.39, 0.29) is 0 Å².